The Morgan fingerprint density at radius 1 is 0.292 bits per heavy atom. The summed E-state index contributed by atoms with van der Waals surface area (Å²) in [5.41, 5.74) is 12.3. The Labute approximate surface area is 278 Å². The molecule has 0 radical (unpaired) electrons. The summed E-state index contributed by atoms with van der Waals surface area (Å²) in [5, 5.41) is 4.86. The van der Waals surface area contributed by atoms with Gasteiger partial charge in [-0.3, -0.25) is 4.98 Å². The van der Waals surface area contributed by atoms with Crippen molar-refractivity contribution in [2.24, 2.45) is 0 Å². The van der Waals surface area contributed by atoms with Crippen LogP contribution in [0.25, 0.3) is 88.5 Å². The van der Waals surface area contributed by atoms with Crippen molar-refractivity contribution >= 4 is 32.6 Å². The summed E-state index contributed by atoms with van der Waals surface area (Å²) < 4.78 is 0. The Morgan fingerprint density at radius 2 is 0.708 bits per heavy atom. The van der Waals surface area contributed by atoms with E-state index in [0.717, 1.165) is 66.9 Å². The van der Waals surface area contributed by atoms with Gasteiger partial charge >= 0.3 is 0 Å². The van der Waals surface area contributed by atoms with Crippen molar-refractivity contribution in [1.82, 2.24) is 15.0 Å². The first-order valence-electron chi connectivity index (χ1n) is 16.2. The Morgan fingerprint density at radius 3 is 1.25 bits per heavy atom. The normalized spacial score (nSPS) is 11.3. The fourth-order valence-electron chi connectivity index (χ4n) is 6.66. The van der Waals surface area contributed by atoms with Gasteiger partial charge in [0.15, 0.2) is 0 Å². The quantitative estimate of drug-likeness (QED) is 0.194. The van der Waals surface area contributed by atoms with E-state index in [4.69, 9.17) is 9.97 Å². The maximum Gasteiger partial charge on any atom is 0.0973 e. The summed E-state index contributed by atoms with van der Waals surface area (Å²) in [6.45, 7) is 0. The molecule has 224 valence electrons. The SMILES string of the molecule is c1ccc(-c2nc3cc(-c4ccc5ccccc5c4)c(-c4ccc5ccccc5c4)cc3nc2-c2ccc(-c3ccncc3)cc2)cc1. The third kappa shape index (κ3) is 5.08. The summed E-state index contributed by atoms with van der Waals surface area (Å²) in [5.74, 6) is 0. The average Bonchev–Trinajstić information content (AvgIpc) is 3.17. The Kier molecular flexibility index (Phi) is 6.80. The van der Waals surface area contributed by atoms with Crippen LogP contribution in [0.2, 0.25) is 0 Å². The maximum atomic E-state index is 5.38. The fourth-order valence-corrected chi connectivity index (χ4v) is 6.66. The zero-order valence-corrected chi connectivity index (χ0v) is 26.1. The van der Waals surface area contributed by atoms with Gasteiger partial charge in [-0.2, -0.15) is 0 Å². The highest BCUT2D eigenvalue weighted by Crippen LogP contribution is 2.39. The van der Waals surface area contributed by atoms with Crippen LogP contribution in [0.3, 0.4) is 0 Å². The van der Waals surface area contributed by atoms with Crippen molar-refractivity contribution in [3.8, 4) is 55.9 Å². The number of rotatable bonds is 5. The van der Waals surface area contributed by atoms with Crippen LogP contribution in [0, 0.1) is 0 Å². The zero-order valence-electron chi connectivity index (χ0n) is 26.1. The first kappa shape index (κ1) is 27.8. The van der Waals surface area contributed by atoms with Crippen LogP contribution in [-0.4, -0.2) is 15.0 Å². The number of hydrogen-bond acceptors (Lipinski definition) is 3. The van der Waals surface area contributed by atoms with Crippen molar-refractivity contribution in [3.05, 3.63) is 176 Å². The Hall–Kier alpha value is -6.45. The van der Waals surface area contributed by atoms with Crippen molar-refractivity contribution in [2.45, 2.75) is 0 Å². The van der Waals surface area contributed by atoms with Crippen LogP contribution in [0.1, 0.15) is 0 Å². The first-order chi connectivity index (χ1) is 23.8. The van der Waals surface area contributed by atoms with Gasteiger partial charge in [0.05, 0.1) is 22.4 Å². The molecule has 7 aromatic carbocycles. The molecule has 0 amide bonds. The van der Waals surface area contributed by atoms with Gasteiger partial charge < -0.3 is 0 Å². The molecule has 0 bridgehead atoms. The molecule has 3 nitrogen and oxygen atoms in total. The van der Waals surface area contributed by atoms with Gasteiger partial charge in [0.25, 0.3) is 0 Å². The number of pyridine rings is 1. The molecule has 9 rings (SSSR count). The van der Waals surface area contributed by atoms with E-state index in [9.17, 15) is 0 Å². The Balaban J connectivity index is 1.28. The van der Waals surface area contributed by atoms with E-state index in [0.29, 0.717) is 0 Å². The standard InChI is InChI=1S/C45H29N3/c1-2-10-34(11-3-1)44-45(35-18-14-32(15-19-35)33-22-24-46-25-23-33)48-43-29-41(39-21-17-31-9-5-7-13-37(31)27-39)40(28-42(43)47-44)38-20-16-30-8-4-6-12-36(30)26-38/h1-29H. The monoisotopic (exact) mass is 611 g/mol. The van der Waals surface area contributed by atoms with E-state index >= 15 is 0 Å². The van der Waals surface area contributed by atoms with E-state index in [2.05, 4.69) is 151 Å². The van der Waals surface area contributed by atoms with E-state index in [1.54, 1.807) is 0 Å². The largest absolute Gasteiger partial charge is 0.265 e. The number of benzene rings is 7. The van der Waals surface area contributed by atoms with Crippen LogP contribution in [0.4, 0.5) is 0 Å². The average molecular weight is 612 g/mol. The maximum absolute atomic E-state index is 5.38. The van der Waals surface area contributed by atoms with Crippen molar-refractivity contribution in [2.75, 3.05) is 0 Å². The van der Waals surface area contributed by atoms with E-state index < -0.39 is 0 Å². The minimum Gasteiger partial charge on any atom is -0.265 e. The summed E-state index contributed by atoms with van der Waals surface area (Å²) in [6.07, 6.45) is 3.65. The van der Waals surface area contributed by atoms with Crippen molar-refractivity contribution in [1.29, 1.82) is 0 Å². The minimum absolute atomic E-state index is 0.857. The second-order valence-corrected chi connectivity index (χ2v) is 12.1. The molecule has 0 aliphatic heterocycles. The van der Waals surface area contributed by atoms with Crippen molar-refractivity contribution < 1.29 is 0 Å². The van der Waals surface area contributed by atoms with Crippen LogP contribution < -0.4 is 0 Å². The lowest BCUT2D eigenvalue weighted by Crippen LogP contribution is -1.97. The Bertz CT molecular complexity index is 2590. The van der Waals surface area contributed by atoms with Gasteiger partial charge in [-0.1, -0.05) is 127 Å². The summed E-state index contributed by atoms with van der Waals surface area (Å²) in [6, 6.07) is 57.9. The van der Waals surface area contributed by atoms with Gasteiger partial charge in [-0.05, 0) is 91.3 Å². The molecular formula is C45H29N3. The van der Waals surface area contributed by atoms with Crippen molar-refractivity contribution in [3.63, 3.8) is 0 Å². The molecule has 2 aromatic heterocycles. The number of hydrogen-bond donors (Lipinski definition) is 0. The predicted octanol–water partition coefficient (Wildman–Crippen LogP) is 11.7. The fraction of sp³-hybridized carbons (Fsp3) is 0. The molecule has 0 aliphatic rings. The lowest BCUT2D eigenvalue weighted by molar-refractivity contribution is 1.29. The highest BCUT2D eigenvalue weighted by atomic mass is 14.8. The molecule has 0 saturated heterocycles. The number of fused-ring (bicyclic) bond motifs is 3. The number of nitrogens with zero attached hydrogens (tertiary/aromatic N) is 3. The molecule has 9 aromatic rings. The molecule has 2 heterocycles. The molecular weight excluding hydrogens is 583 g/mol. The van der Waals surface area contributed by atoms with Crippen LogP contribution in [0.5, 0.6) is 0 Å². The summed E-state index contributed by atoms with van der Waals surface area (Å²) in [4.78, 5) is 14.9. The van der Waals surface area contributed by atoms with Gasteiger partial charge in [-0.25, -0.2) is 9.97 Å². The van der Waals surface area contributed by atoms with Gasteiger partial charge in [-0.15, -0.1) is 0 Å². The highest BCUT2D eigenvalue weighted by Gasteiger charge is 2.17. The van der Waals surface area contributed by atoms with Gasteiger partial charge in [0.2, 0.25) is 0 Å². The lowest BCUT2D eigenvalue weighted by Gasteiger charge is -2.16. The topological polar surface area (TPSA) is 38.7 Å². The molecule has 48 heavy (non-hydrogen) atoms. The predicted molar refractivity (Wildman–Crippen MR) is 200 cm³/mol. The van der Waals surface area contributed by atoms with Gasteiger partial charge in [0, 0.05) is 23.5 Å². The molecule has 0 saturated carbocycles. The molecule has 0 fully saturated rings. The van der Waals surface area contributed by atoms with Gasteiger partial charge in [0.1, 0.15) is 0 Å². The van der Waals surface area contributed by atoms with E-state index in [-0.39, 0.29) is 0 Å². The molecule has 0 spiro atoms. The third-order valence-corrected chi connectivity index (χ3v) is 9.14. The molecule has 0 atom stereocenters. The molecule has 0 aliphatic carbocycles. The molecule has 0 unspecified atom stereocenters. The zero-order chi connectivity index (χ0) is 31.9. The van der Waals surface area contributed by atoms with Crippen LogP contribution >= 0.6 is 0 Å². The lowest BCUT2D eigenvalue weighted by atomic mass is 9.91. The number of aromatic nitrogens is 3. The second kappa shape index (κ2) is 11.7. The molecule has 0 N–H and O–H groups in total. The summed E-state index contributed by atoms with van der Waals surface area (Å²) >= 11 is 0. The van der Waals surface area contributed by atoms with Crippen LogP contribution in [-0.2, 0) is 0 Å². The second-order valence-electron chi connectivity index (χ2n) is 12.1. The van der Waals surface area contributed by atoms with E-state index in [1.165, 1.54) is 21.5 Å². The van der Waals surface area contributed by atoms with Crippen LogP contribution in [0.15, 0.2) is 176 Å². The summed E-state index contributed by atoms with van der Waals surface area (Å²) in [7, 11) is 0. The minimum atomic E-state index is 0.857. The highest BCUT2D eigenvalue weighted by molar-refractivity contribution is 5.99. The smallest absolute Gasteiger partial charge is 0.0973 e. The molecule has 3 heteroatoms. The van der Waals surface area contributed by atoms with E-state index in [1.807, 2.05) is 30.6 Å². The third-order valence-electron chi connectivity index (χ3n) is 9.14. The first-order valence-corrected chi connectivity index (χ1v) is 16.2.